The quantitative estimate of drug-likeness (QED) is 0.400. The molecule has 2 aromatic heterocycles. The number of nitrogen functional groups attached to an aromatic ring is 1. The summed E-state index contributed by atoms with van der Waals surface area (Å²) in [6.07, 6.45) is 2.88. The van der Waals surface area contributed by atoms with Crippen LogP contribution in [0.1, 0.15) is 20.9 Å². The number of hydrogen-bond acceptors (Lipinski definition) is 8. The average molecular weight is 436 g/mol. The maximum atomic E-state index is 14.9. The van der Waals surface area contributed by atoms with Gasteiger partial charge in [-0.2, -0.15) is 0 Å². The Morgan fingerprint density at radius 2 is 2.21 bits per heavy atom. The molecule has 3 rings (SSSR count). The van der Waals surface area contributed by atoms with Crippen molar-refractivity contribution in [1.82, 2.24) is 9.97 Å². The molecule has 11 heteroatoms. The number of benzene rings is 1. The van der Waals surface area contributed by atoms with E-state index in [1.807, 2.05) is 0 Å². The predicted octanol–water partition coefficient (Wildman–Crippen LogP) is 3.72. The van der Waals surface area contributed by atoms with Crippen LogP contribution in [0.2, 0.25) is 5.02 Å². The number of methoxy groups -OCH3 is 1. The van der Waals surface area contributed by atoms with Gasteiger partial charge in [0.2, 0.25) is 5.90 Å². The van der Waals surface area contributed by atoms with Gasteiger partial charge in [-0.1, -0.05) is 11.6 Å². The molecule has 0 atom stereocenters. The smallest absolute Gasteiger partial charge is 0.260 e. The second kappa shape index (κ2) is 8.84. The number of aromatic nitrogens is 2. The maximum Gasteiger partial charge on any atom is 0.260 e. The van der Waals surface area contributed by atoms with Crippen molar-refractivity contribution >= 4 is 46.2 Å². The van der Waals surface area contributed by atoms with Crippen molar-refractivity contribution < 1.29 is 18.7 Å². The van der Waals surface area contributed by atoms with Crippen LogP contribution >= 0.6 is 22.9 Å². The number of ether oxygens (including phenoxy) is 2. The summed E-state index contributed by atoms with van der Waals surface area (Å²) in [4.78, 5) is 20.6. The summed E-state index contributed by atoms with van der Waals surface area (Å²) in [5, 5.41) is 12.5. The summed E-state index contributed by atoms with van der Waals surface area (Å²) < 4.78 is 25.1. The molecule has 29 heavy (non-hydrogen) atoms. The third-order valence-corrected chi connectivity index (χ3v) is 4.81. The van der Waals surface area contributed by atoms with Gasteiger partial charge in [0.25, 0.3) is 5.91 Å². The Balaban J connectivity index is 1.83. The first-order valence-corrected chi connectivity index (χ1v) is 9.35. The fraction of sp³-hybridized carbons (Fsp3) is 0.111. The van der Waals surface area contributed by atoms with E-state index < -0.39 is 11.7 Å². The molecule has 150 valence electrons. The molecule has 0 aliphatic heterocycles. The number of hydrogen-bond donors (Lipinski definition) is 3. The number of rotatable bonds is 6. The standard InChI is InChI=1S/C18H15ClFN5O3S/c1-27-17(22)10-6-9(7-24-16(10)21)25-18(26)14-11(19)2-3-12(15(14)20)28-8-13-23-4-5-29-13/h2-7,22H,8H2,1H3,(H2,21,24)(H,25,26). The zero-order valence-corrected chi connectivity index (χ0v) is 16.6. The van der Waals surface area contributed by atoms with Gasteiger partial charge in [-0.15, -0.1) is 11.3 Å². The number of nitrogens with two attached hydrogens (primary N) is 1. The summed E-state index contributed by atoms with van der Waals surface area (Å²) in [5.41, 5.74) is 5.68. The van der Waals surface area contributed by atoms with Crippen molar-refractivity contribution in [1.29, 1.82) is 5.41 Å². The second-order valence-electron chi connectivity index (χ2n) is 5.59. The van der Waals surface area contributed by atoms with Crippen molar-refractivity contribution in [2.45, 2.75) is 6.61 Å². The van der Waals surface area contributed by atoms with E-state index in [0.717, 1.165) is 0 Å². The minimum absolute atomic E-state index is 0.0524. The van der Waals surface area contributed by atoms with Crippen LogP contribution in [0.5, 0.6) is 5.75 Å². The zero-order chi connectivity index (χ0) is 21.0. The van der Waals surface area contributed by atoms with Crippen LogP contribution in [0.25, 0.3) is 0 Å². The molecule has 0 aliphatic carbocycles. The molecular formula is C18H15ClFN5O3S. The van der Waals surface area contributed by atoms with Gasteiger partial charge < -0.3 is 20.5 Å². The first kappa shape index (κ1) is 20.5. The van der Waals surface area contributed by atoms with Crippen molar-refractivity contribution in [3.05, 3.63) is 62.9 Å². The second-order valence-corrected chi connectivity index (χ2v) is 6.98. The Morgan fingerprint density at radius 1 is 1.41 bits per heavy atom. The van der Waals surface area contributed by atoms with Crippen LogP contribution in [0.4, 0.5) is 15.9 Å². The Kier molecular flexibility index (Phi) is 6.25. The number of nitrogens with one attached hydrogen (secondary N) is 2. The monoisotopic (exact) mass is 435 g/mol. The van der Waals surface area contributed by atoms with Gasteiger partial charge in [0.1, 0.15) is 17.4 Å². The highest BCUT2D eigenvalue weighted by atomic mass is 35.5. The summed E-state index contributed by atoms with van der Waals surface area (Å²) >= 11 is 7.40. The molecule has 2 heterocycles. The summed E-state index contributed by atoms with van der Waals surface area (Å²) in [7, 11) is 1.30. The SMILES string of the molecule is COC(=N)c1cc(NC(=O)c2c(Cl)ccc(OCc3nccs3)c2F)cnc1N. The highest BCUT2D eigenvalue weighted by Crippen LogP contribution is 2.29. The molecular weight excluding hydrogens is 421 g/mol. The molecule has 0 saturated carbocycles. The molecule has 3 aromatic rings. The van der Waals surface area contributed by atoms with E-state index in [1.54, 1.807) is 11.6 Å². The van der Waals surface area contributed by atoms with Gasteiger partial charge in [-0.05, 0) is 18.2 Å². The Hall–Kier alpha value is -3.24. The van der Waals surface area contributed by atoms with Crippen molar-refractivity contribution in [3.8, 4) is 5.75 Å². The van der Waals surface area contributed by atoms with E-state index in [1.165, 1.54) is 42.8 Å². The van der Waals surface area contributed by atoms with Gasteiger partial charge in [-0.25, -0.2) is 14.4 Å². The number of carbonyl (C=O) groups excluding carboxylic acids is 1. The van der Waals surface area contributed by atoms with E-state index >= 15 is 0 Å². The van der Waals surface area contributed by atoms with Gasteiger partial charge >= 0.3 is 0 Å². The van der Waals surface area contributed by atoms with E-state index in [-0.39, 0.29) is 45.9 Å². The Labute approximate surface area is 174 Å². The number of nitrogens with zero attached hydrogens (tertiary/aromatic N) is 2. The number of pyridine rings is 1. The predicted molar refractivity (Wildman–Crippen MR) is 108 cm³/mol. The van der Waals surface area contributed by atoms with E-state index in [0.29, 0.717) is 5.01 Å². The minimum Gasteiger partial charge on any atom is -0.483 e. The topological polar surface area (TPSA) is 123 Å². The molecule has 1 amide bonds. The third kappa shape index (κ3) is 4.61. The van der Waals surface area contributed by atoms with Crippen molar-refractivity contribution in [2.75, 3.05) is 18.2 Å². The molecule has 0 fully saturated rings. The van der Waals surface area contributed by atoms with Crippen LogP contribution in [0, 0.1) is 11.2 Å². The summed E-state index contributed by atoms with van der Waals surface area (Å²) in [5.74, 6) is -2.02. The van der Waals surface area contributed by atoms with Crippen LogP contribution in [-0.4, -0.2) is 28.9 Å². The number of halogens is 2. The van der Waals surface area contributed by atoms with E-state index in [2.05, 4.69) is 15.3 Å². The lowest BCUT2D eigenvalue weighted by Gasteiger charge is -2.12. The summed E-state index contributed by atoms with van der Waals surface area (Å²) in [6, 6.07) is 4.09. The number of anilines is 2. The molecule has 1 aromatic carbocycles. The van der Waals surface area contributed by atoms with Crippen LogP contribution in [-0.2, 0) is 11.3 Å². The normalized spacial score (nSPS) is 10.4. The Bertz CT molecular complexity index is 1060. The van der Waals surface area contributed by atoms with Gasteiger partial charge in [0, 0.05) is 11.6 Å². The molecule has 8 nitrogen and oxygen atoms in total. The lowest BCUT2D eigenvalue weighted by atomic mass is 10.1. The Morgan fingerprint density at radius 3 is 2.90 bits per heavy atom. The molecule has 0 spiro atoms. The average Bonchev–Trinajstić information content (AvgIpc) is 3.22. The molecule has 0 radical (unpaired) electrons. The summed E-state index contributed by atoms with van der Waals surface area (Å²) in [6.45, 7) is 0.0572. The van der Waals surface area contributed by atoms with Crippen molar-refractivity contribution in [3.63, 3.8) is 0 Å². The fourth-order valence-corrected chi connectivity index (χ4v) is 3.11. The van der Waals surface area contributed by atoms with Gasteiger partial charge in [0.05, 0.1) is 35.1 Å². The van der Waals surface area contributed by atoms with E-state index in [9.17, 15) is 9.18 Å². The van der Waals surface area contributed by atoms with Crippen LogP contribution in [0.15, 0.2) is 36.0 Å². The number of carbonyl (C=O) groups is 1. The zero-order valence-electron chi connectivity index (χ0n) is 15.0. The molecule has 0 unspecified atom stereocenters. The van der Waals surface area contributed by atoms with E-state index in [4.69, 9.17) is 32.2 Å². The number of amides is 1. The minimum atomic E-state index is -0.903. The first-order chi connectivity index (χ1) is 13.9. The van der Waals surface area contributed by atoms with Crippen molar-refractivity contribution in [2.24, 2.45) is 0 Å². The lowest BCUT2D eigenvalue weighted by Crippen LogP contribution is -2.16. The third-order valence-electron chi connectivity index (χ3n) is 3.74. The fourth-order valence-electron chi connectivity index (χ4n) is 2.35. The molecule has 0 aliphatic rings. The first-order valence-electron chi connectivity index (χ1n) is 8.09. The van der Waals surface area contributed by atoms with Gasteiger partial charge in [0.15, 0.2) is 11.6 Å². The molecule has 0 saturated heterocycles. The van der Waals surface area contributed by atoms with Gasteiger partial charge in [-0.3, -0.25) is 10.2 Å². The number of thiazole rings is 1. The largest absolute Gasteiger partial charge is 0.483 e. The highest BCUT2D eigenvalue weighted by Gasteiger charge is 2.21. The lowest BCUT2D eigenvalue weighted by molar-refractivity contribution is 0.102. The van der Waals surface area contributed by atoms with Crippen LogP contribution in [0.3, 0.4) is 0 Å². The highest BCUT2D eigenvalue weighted by molar-refractivity contribution is 7.09. The molecule has 0 bridgehead atoms. The molecule has 4 N–H and O–H groups in total. The maximum absolute atomic E-state index is 14.9. The van der Waals surface area contributed by atoms with Crippen LogP contribution < -0.4 is 15.8 Å².